The first kappa shape index (κ1) is 15.9. The van der Waals surface area contributed by atoms with E-state index in [1.54, 1.807) is 6.92 Å². The minimum Gasteiger partial charge on any atom is -0.466 e. The van der Waals surface area contributed by atoms with Crippen LogP contribution in [0.1, 0.15) is 45.4 Å². The molecule has 0 heterocycles. The number of amides is 1. The predicted octanol–water partition coefficient (Wildman–Crippen LogP) is 0.999. The maximum absolute atomic E-state index is 11.3. The average Bonchev–Trinajstić information content (AvgIpc) is 2.31. The summed E-state index contributed by atoms with van der Waals surface area (Å²) in [4.78, 5) is 22.3. The van der Waals surface area contributed by atoms with Crippen molar-refractivity contribution in [3.05, 3.63) is 0 Å². The highest BCUT2D eigenvalue weighted by atomic mass is 16.5. The number of hydrogen-bond donors (Lipinski definition) is 2. The van der Waals surface area contributed by atoms with Crippen molar-refractivity contribution in [2.45, 2.75) is 45.4 Å². The van der Waals surface area contributed by atoms with Crippen molar-refractivity contribution < 1.29 is 19.4 Å². The normalized spacial score (nSPS) is 10.0. The van der Waals surface area contributed by atoms with Crippen LogP contribution in [0.25, 0.3) is 0 Å². The summed E-state index contributed by atoms with van der Waals surface area (Å²) < 4.78 is 4.72. The molecule has 0 aromatic heterocycles. The zero-order valence-corrected chi connectivity index (χ0v) is 10.5. The van der Waals surface area contributed by atoms with Crippen molar-refractivity contribution in [3.8, 4) is 0 Å². The van der Waals surface area contributed by atoms with Crippen molar-refractivity contribution in [1.82, 2.24) is 5.32 Å². The van der Waals surface area contributed by atoms with Gasteiger partial charge in [0, 0.05) is 19.6 Å². The fourth-order valence-corrected chi connectivity index (χ4v) is 1.36. The Labute approximate surface area is 103 Å². The van der Waals surface area contributed by atoms with Gasteiger partial charge in [-0.1, -0.05) is 12.8 Å². The summed E-state index contributed by atoms with van der Waals surface area (Å²) >= 11 is 0. The Morgan fingerprint density at radius 2 is 1.82 bits per heavy atom. The second-order valence-corrected chi connectivity index (χ2v) is 3.79. The highest BCUT2D eigenvalue weighted by Gasteiger charge is 2.06. The Hall–Kier alpha value is -1.10. The molecule has 100 valence electrons. The van der Waals surface area contributed by atoms with Crippen molar-refractivity contribution in [2.24, 2.45) is 0 Å². The maximum Gasteiger partial charge on any atom is 0.306 e. The number of hydrogen-bond acceptors (Lipinski definition) is 4. The smallest absolute Gasteiger partial charge is 0.306 e. The van der Waals surface area contributed by atoms with E-state index in [4.69, 9.17) is 9.84 Å². The Morgan fingerprint density at radius 1 is 1.12 bits per heavy atom. The number of carbonyl (C=O) groups excluding carboxylic acids is 2. The molecule has 0 aromatic carbocycles. The van der Waals surface area contributed by atoms with Crippen LogP contribution in [-0.2, 0) is 14.3 Å². The average molecular weight is 245 g/mol. The third-order valence-electron chi connectivity index (χ3n) is 2.27. The van der Waals surface area contributed by atoms with Crippen LogP contribution < -0.4 is 5.32 Å². The van der Waals surface area contributed by atoms with Crippen molar-refractivity contribution in [3.63, 3.8) is 0 Å². The summed E-state index contributed by atoms with van der Waals surface area (Å²) in [6, 6.07) is 0. The van der Waals surface area contributed by atoms with Gasteiger partial charge in [0.05, 0.1) is 13.0 Å². The second kappa shape index (κ2) is 11.4. The lowest BCUT2D eigenvalue weighted by molar-refractivity contribution is -0.144. The summed E-state index contributed by atoms with van der Waals surface area (Å²) in [5.41, 5.74) is 0. The Kier molecular flexibility index (Phi) is 10.7. The molecule has 5 heteroatoms. The summed E-state index contributed by atoms with van der Waals surface area (Å²) in [7, 11) is 0. The van der Waals surface area contributed by atoms with Crippen LogP contribution in [0.2, 0.25) is 0 Å². The van der Waals surface area contributed by atoms with Gasteiger partial charge in [0.15, 0.2) is 0 Å². The number of carbonyl (C=O) groups is 2. The first-order chi connectivity index (χ1) is 8.20. The number of aliphatic hydroxyl groups is 1. The molecule has 1 amide bonds. The van der Waals surface area contributed by atoms with Gasteiger partial charge < -0.3 is 15.2 Å². The molecule has 0 bridgehead atoms. The van der Waals surface area contributed by atoms with Crippen LogP contribution in [0.15, 0.2) is 0 Å². The van der Waals surface area contributed by atoms with Gasteiger partial charge in [0.25, 0.3) is 0 Å². The molecule has 0 aromatic rings. The lowest BCUT2D eigenvalue weighted by Crippen LogP contribution is -2.25. The zero-order valence-electron chi connectivity index (χ0n) is 10.5. The molecule has 0 rings (SSSR count). The molecule has 0 unspecified atom stereocenters. The van der Waals surface area contributed by atoms with E-state index >= 15 is 0 Å². The number of unbranched alkanes of at least 4 members (excludes halogenated alkanes) is 3. The van der Waals surface area contributed by atoms with Crippen molar-refractivity contribution >= 4 is 11.9 Å². The first-order valence-corrected chi connectivity index (χ1v) is 6.24. The summed E-state index contributed by atoms with van der Waals surface area (Å²) in [5.74, 6) is -0.439. The topological polar surface area (TPSA) is 75.6 Å². The Balaban J connectivity index is 3.31. The third kappa shape index (κ3) is 11.2. The molecule has 0 aliphatic rings. The number of aliphatic hydroxyl groups excluding tert-OH is 1. The summed E-state index contributed by atoms with van der Waals surface area (Å²) in [6.45, 7) is 2.95. The van der Waals surface area contributed by atoms with E-state index in [-0.39, 0.29) is 31.3 Å². The molecular formula is C12H23NO4. The van der Waals surface area contributed by atoms with Gasteiger partial charge >= 0.3 is 5.97 Å². The minimum atomic E-state index is -0.328. The lowest BCUT2D eigenvalue weighted by atomic mass is 10.2. The fourth-order valence-electron chi connectivity index (χ4n) is 1.36. The van der Waals surface area contributed by atoms with Crippen LogP contribution in [0, 0.1) is 0 Å². The van der Waals surface area contributed by atoms with Gasteiger partial charge in [-0.3, -0.25) is 9.59 Å². The van der Waals surface area contributed by atoms with E-state index in [0.29, 0.717) is 13.2 Å². The molecule has 17 heavy (non-hydrogen) atoms. The second-order valence-electron chi connectivity index (χ2n) is 3.79. The highest BCUT2D eigenvalue weighted by molar-refractivity contribution is 5.81. The highest BCUT2D eigenvalue weighted by Crippen LogP contribution is 1.98. The van der Waals surface area contributed by atoms with E-state index in [1.807, 2.05) is 0 Å². The van der Waals surface area contributed by atoms with E-state index in [9.17, 15) is 9.59 Å². The maximum atomic E-state index is 11.3. The molecule has 0 atom stereocenters. The standard InChI is InChI=1S/C12H23NO4/c1-2-17-12(16)8-7-11(15)13-9-5-3-4-6-10-14/h14H,2-10H2,1H3,(H,13,15). The number of nitrogens with one attached hydrogen (secondary N) is 1. The van der Waals surface area contributed by atoms with E-state index in [2.05, 4.69) is 5.32 Å². The zero-order chi connectivity index (χ0) is 12.9. The molecular weight excluding hydrogens is 222 g/mol. The quantitative estimate of drug-likeness (QED) is 0.445. The first-order valence-electron chi connectivity index (χ1n) is 6.24. The molecule has 0 saturated carbocycles. The van der Waals surface area contributed by atoms with Gasteiger partial charge in [-0.05, 0) is 19.8 Å². The fraction of sp³-hybridized carbons (Fsp3) is 0.833. The lowest BCUT2D eigenvalue weighted by Gasteiger charge is -2.05. The van der Waals surface area contributed by atoms with Gasteiger partial charge in [-0.2, -0.15) is 0 Å². The van der Waals surface area contributed by atoms with Crippen molar-refractivity contribution in [2.75, 3.05) is 19.8 Å². The van der Waals surface area contributed by atoms with E-state index < -0.39 is 0 Å². The monoisotopic (exact) mass is 245 g/mol. The largest absolute Gasteiger partial charge is 0.466 e. The molecule has 0 radical (unpaired) electrons. The van der Waals surface area contributed by atoms with E-state index in [1.165, 1.54) is 0 Å². The van der Waals surface area contributed by atoms with Crippen LogP contribution in [0.4, 0.5) is 0 Å². The molecule has 0 aliphatic carbocycles. The van der Waals surface area contributed by atoms with Crippen LogP contribution in [-0.4, -0.2) is 36.7 Å². The number of rotatable bonds is 10. The van der Waals surface area contributed by atoms with Crippen LogP contribution in [0.3, 0.4) is 0 Å². The molecule has 5 nitrogen and oxygen atoms in total. The molecule has 0 saturated heterocycles. The van der Waals surface area contributed by atoms with Gasteiger partial charge in [-0.15, -0.1) is 0 Å². The van der Waals surface area contributed by atoms with Crippen LogP contribution >= 0.6 is 0 Å². The molecule has 0 fully saturated rings. The Morgan fingerprint density at radius 3 is 2.47 bits per heavy atom. The minimum absolute atomic E-state index is 0.111. The van der Waals surface area contributed by atoms with Gasteiger partial charge in [0.2, 0.25) is 5.91 Å². The Bertz CT molecular complexity index is 219. The predicted molar refractivity (Wildman–Crippen MR) is 64.4 cm³/mol. The van der Waals surface area contributed by atoms with Crippen molar-refractivity contribution in [1.29, 1.82) is 0 Å². The van der Waals surface area contributed by atoms with Gasteiger partial charge in [-0.25, -0.2) is 0 Å². The molecule has 0 aliphatic heterocycles. The summed E-state index contributed by atoms with van der Waals surface area (Å²) in [5, 5.41) is 11.3. The third-order valence-corrected chi connectivity index (χ3v) is 2.27. The number of esters is 1. The van der Waals surface area contributed by atoms with E-state index in [0.717, 1.165) is 25.7 Å². The van der Waals surface area contributed by atoms with Crippen LogP contribution in [0.5, 0.6) is 0 Å². The summed E-state index contributed by atoms with van der Waals surface area (Å²) in [6.07, 6.45) is 4.04. The molecule has 2 N–H and O–H groups in total. The van der Waals surface area contributed by atoms with Gasteiger partial charge in [0.1, 0.15) is 0 Å². The molecule has 0 spiro atoms. The SMILES string of the molecule is CCOC(=O)CCC(=O)NCCCCCCO. The number of ether oxygens (including phenoxy) is 1.